The van der Waals surface area contributed by atoms with Gasteiger partial charge in [-0.3, -0.25) is 0 Å². The molecule has 0 aliphatic carbocycles. The average Bonchev–Trinajstić information content (AvgIpc) is 2.52. The molecule has 2 rings (SSSR count). The first-order valence-electron chi connectivity index (χ1n) is 8.46. The van der Waals surface area contributed by atoms with E-state index in [0.29, 0.717) is 12.1 Å². The van der Waals surface area contributed by atoms with E-state index in [1.165, 1.54) is 0 Å². The summed E-state index contributed by atoms with van der Waals surface area (Å²) >= 11 is 0. The summed E-state index contributed by atoms with van der Waals surface area (Å²) in [5, 5.41) is 26.4. The topological polar surface area (TPSA) is 64.5 Å². The fourth-order valence-corrected chi connectivity index (χ4v) is 2.85. The van der Waals surface area contributed by atoms with Crippen molar-refractivity contribution in [3.8, 4) is 11.5 Å². The van der Waals surface area contributed by atoms with Crippen molar-refractivity contribution >= 4 is 24.8 Å². The third kappa shape index (κ3) is 7.04. The Labute approximate surface area is 168 Å². The fourth-order valence-electron chi connectivity index (χ4n) is 2.85. The molecule has 0 amide bonds. The molecular formula is C20H30Cl2N2O2. The number of hydrogen-bond acceptors (Lipinski definition) is 4. The zero-order valence-electron chi connectivity index (χ0n) is 15.6. The van der Waals surface area contributed by atoms with Crippen molar-refractivity contribution in [2.45, 2.75) is 51.9 Å². The minimum Gasteiger partial charge on any atom is -0.508 e. The maximum atomic E-state index is 9.59. The van der Waals surface area contributed by atoms with E-state index in [9.17, 15) is 10.2 Å². The summed E-state index contributed by atoms with van der Waals surface area (Å²) in [5.74, 6) is 0.528. The molecule has 2 aromatic rings. The number of hydrogen-bond donors (Lipinski definition) is 4. The van der Waals surface area contributed by atoms with Gasteiger partial charge in [-0.25, -0.2) is 0 Å². The smallest absolute Gasteiger partial charge is 0.115 e. The van der Waals surface area contributed by atoms with Gasteiger partial charge < -0.3 is 20.8 Å². The van der Waals surface area contributed by atoms with Gasteiger partial charge in [0, 0.05) is 12.1 Å². The number of aromatic hydroxyl groups is 2. The standard InChI is InChI=1S/C20H28N2O2.2ClH/c1-13(2)21-19(15-5-9-17(23)10-6-15)20(22-14(3)4)16-7-11-18(24)12-8-16;;/h5-14,19-24H,1-4H3;2*1H. The fraction of sp³-hybridized carbons (Fsp3) is 0.400. The molecule has 0 spiro atoms. The quantitative estimate of drug-likeness (QED) is 0.542. The molecule has 0 saturated carbocycles. The molecule has 0 saturated heterocycles. The van der Waals surface area contributed by atoms with Crippen molar-refractivity contribution in [3.63, 3.8) is 0 Å². The van der Waals surface area contributed by atoms with Crippen LogP contribution in [0.5, 0.6) is 11.5 Å². The van der Waals surface area contributed by atoms with E-state index in [0.717, 1.165) is 11.1 Å². The molecule has 0 fully saturated rings. The molecule has 0 aromatic heterocycles. The molecule has 2 atom stereocenters. The molecule has 0 radical (unpaired) electrons. The minimum atomic E-state index is 0. The SMILES string of the molecule is CC(C)NC(c1ccc(O)cc1)C(NC(C)C)c1ccc(O)cc1.Cl.Cl. The van der Waals surface area contributed by atoms with Crippen molar-refractivity contribution in [3.05, 3.63) is 59.7 Å². The number of nitrogens with one attached hydrogen (secondary N) is 2. The molecule has 2 unspecified atom stereocenters. The van der Waals surface area contributed by atoms with Crippen LogP contribution in [-0.4, -0.2) is 22.3 Å². The molecule has 0 aliphatic rings. The Bertz CT molecular complexity index is 574. The zero-order chi connectivity index (χ0) is 17.7. The highest BCUT2D eigenvalue weighted by molar-refractivity contribution is 5.85. The predicted octanol–water partition coefficient (Wildman–Crippen LogP) is 4.72. The third-order valence-electron chi connectivity index (χ3n) is 3.86. The summed E-state index contributed by atoms with van der Waals surface area (Å²) in [5.41, 5.74) is 2.21. The molecule has 4 nitrogen and oxygen atoms in total. The van der Waals surface area contributed by atoms with Crippen LogP contribution in [0.2, 0.25) is 0 Å². The first-order chi connectivity index (χ1) is 11.4. The first-order valence-corrected chi connectivity index (χ1v) is 8.46. The van der Waals surface area contributed by atoms with Gasteiger partial charge in [-0.15, -0.1) is 24.8 Å². The van der Waals surface area contributed by atoms with Crippen LogP contribution < -0.4 is 10.6 Å². The lowest BCUT2D eigenvalue weighted by molar-refractivity contribution is 0.341. The van der Waals surface area contributed by atoms with Gasteiger partial charge >= 0.3 is 0 Å². The molecule has 2 aromatic carbocycles. The van der Waals surface area contributed by atoms with E-state index in [2.05, 4.69) is 38.3 Å². The molecule has 0 heterocycles. The summed E-state index contributed by atoms with van der Waals surface area (Å²) < 4.78 is 0. The van der Waals surface area contributed by atoms with Crippen LogP contribution in [0.15, 0.2) is 48.5 Å². The summed E-state index contributed by atoms with van der Waals surface area (Å²) in [6, 6.07) is 15.3. The van der Waals surface area contributed by atoms with Gasteiger partial charge in [0.25, 0.3) is 0 Å². The van der Waals surface area contributed by atoms with E-state index in [-0.39, 0.29) is 48.4 Å². The van der Waals surface area contributed by atoms with Gasteiger partial charge in [-0.05, 0) is 35.4 Å². The van der Waals surface area contributed by atoms with Crippen LogP contribution in [0.3, 0.4) is 0 Å². The summed E-state index contributed by atoms with van der Waals surface area (Å²) in [7, 11) is 0. The van der Waals surface area contributed by atoms with Crippen LogP contribution in [0.4, 0.5) is 0 Å². The maximum Gasteiger partial charge on any atom is 0.115 e. The molecule has 4 N–H and O–H groups in total. The first kappa shape index (κ1) is 24.5. The Hall–Kier alpha value is -1.46. The molecule has 146 valence electrons. The second kappa shape index (κ2) is 11.3. The molecule has 0 aliphatic heterocycles. The van der Waals surface area contributed by atoms with Crippen LogP contribution in [0.1, 0.15) is 50.9 Å². The second-order valence-electron chi connectivity index (χ2n) is 6.78. The second-order valence-corrected chi connectivity index (χ2v) is 6.78. The third-order valence-corrected chi connectivity index (χ3v) is 3.86. The maximum absolute atomic E-state index is 9.59. The van der Waals surface area contributed by atoms with Gasteiger partial charge in [0.15, 0.2) is 0 Å². The number of phenols is 2. The highest BCUT2D eigenvalue weighted by Gasteiger charge is 2.26. The van der Waals surface area contributed by atoms with Gasteiger partial charge in [0.2, 0.25) is 0 Å². The summed E-state index contributed by atoms with van der Waals surface area (Å²) in [4.78, 5) is 0. The van der Waals surface area contributed by atoms with Crippen LogP contribution in [0, 0.1) is 0 Å². The average molecular weight is 401 g/mol. The van der Waals surface area contributed by atoms with Crippen molar-refractivity contribution in [2.24, 2.45) is 0 Å². The number of rotatable bonds is 7. The largest absolute Gasteiger partial charge is 0.508 e. The number of phenolic OH excluding ortho intramolecular Hbond substituents is 2. The van der Waals surface area contributed by atoms with Gasteiger partial charge in [0.1, 0.15) is 11.5 Å². The molecular weight excluding hydrogens is 371 g/mol. The zero-order valence-corrected chi connectivity index (χ0v) is 17.3. The Morgan fingerprint density at radius 2 is 0.846 bits per heavy atom. The van der Waals surface area contributed by atoms with E-state index in [1.54, 1.807) is 24.3 Å². The predicted molar refractivity (Wildman–Crippen MR) is 113 cm³/mol. The highest BCUT2D eigenvalue weighted by Crippen LogP contribution is 2.31. The molecule has 26 heavy (non-hydrogen) atoms. The monoisotopic (exact) mass is 400 g/mol. The number of halogens is 2. The Balaban J connectivity index is 0.00000312. The van der Waals surface area contributed by atoms with Gasteiger partial charge in [-0.1, -0.05) is 52.0 Å². The number of benzene rings is 2. The van der Waals surface area contributed by atoms with E-state index in [1.807, 2.05) is 24.3 Å². The van der Waals surface area contributed by atoms with E-state index < -0.39 is 0 Å². The van der Waals surface area contributed by atoms with Crippen LogP contribution in [-0.2, 0) is 0 Å². The van der Waals surface area contributed by atoms with Crippen molar-refractivity contribution in [1.82, 2.24) is 10.6 Å². The molecule has 0 bridgehead atoms. The lowest BCUT2D eigenvalue weighted by atomic mass is 9.92. The summed E-state index contributed by atoms with van der Waals surface area (Å²) in [6.45, 7) is 8.49. The van der Waals surface area contributed by atoms with Crippen LogP contribution >= 0.6 is 24.8 Å². The van der Waals surface area contributed by atoms with Gasteiger partial charge in [-0.2, -0.15) is 0 Å². The van der Waals surface area contributed by atoms with Crippen molar-refractivity contribution in [1.29, 1.82) is 0 Å². The van der Waals surface area contributed by atoms with Crippen molar-refractivity contribution in [2.75, 3.05) is 0 Å². The Morgan fingerprint density at radius 1 is 0.577 bits per heavy atom. The highest BCUT2D eigenvalue weighted by atomic mass is 35.5. The molecule has 6 heteroatoms. The lowest BCUT2D eigenvalue weighted by Crippen LogP contribution is -2.40. The van der Waals surface area contributed by atoms with E-state index >= 15 is 0 Å². The Kier molecular flexibility index (Phi) is 10.7. The van der Waals surface area contributed by atoms with Crippen LogP contribution in [0.25, 0.3) is 0 Å². The summed E-state index contributed by atoms with van der Waals surface area (Å²) in [6.07, 6.45) is 0. The van der Waals surface area contributed by atoms with Gasteiger partial charge in [0.05, 0.1) is 12.1 Å². The minimum absolute atomic E-state index is 0. The lowest BCUT2D eigenvalue weighted by Gasteiger charge is -2.33. The van der Waals surface area contributed by atoms with E-state index in [4.69, 9.17) is 0 Å². The van der Waals surface area contributed by atoms with Crippen molar-refractivity contribution < 1.29 is 10.2 Å². The normalized spacial score (nSPS) is 13.0. The Morgan fingerprint density at radius 3 is 1.08 bits per heavy atom.